The Balaban J connectivity index is 1.73. The normalized spacial score (nSPS) is 16.7. The zero-order chi connectivity index (χ0) is 16.6. The van der Waals surface area contributed by atoms with Crippen molar-refractivity contribution in [2.45, 2.75) is 18.7 Å². The summed E-state index contributed by atoms with van der Waals surface area (Å²) in [6.45, 7) is 4.40. The van der Waals surface area contributed by atoms with Gasteiger partial charge < -0.3 is 14.4 Å². The second kappa shape index (κ2) is 5.82. The summed E-state index contributed by atoms with van der Waals surface area (Å²) < 4.78 is 31.8. The van der Waals surface area contributed by atoms with Crippen LogP contribution in [0.3, 0.4) is 0 Å². The van der Waals surface area contributed by atoms with Gasteiger partial charge in [-0.1, -0.05) is 5.16 Å². The Morgan fingerprint density at radius 2 is 1.96 bits per heavy atom. The summed E-state index contributed by atoms with van der Waals surface area (Å²) in [5.74, 6) is 0.189. The van der Waals surface area contributed by atoms with Gasteiger partial charge in [-0.15, -0.1) is 0 Å². The summed E-state index contributed by atoms with van der Waals surface area (Å²) in [6.07, 6.45) is 3.32. The lowest BCUT2D eigenvalue weighted by molar-refractivity contribution is 0.0698. The molecule has 1 N–H and O–H groups in total. The fraction of sp³-hybridized carbons (Fsp3) is 0.429. The Kier molecular flexibility index (Phi) is 3.99. The number of aromatic amines is 1. The molecule has 0 unspecified atom stereocenters. The van der Waals surface area contributed by atoms with Crippen molar-refractivity contribution in [2.24, 2.45) is 0 Å². The maximum absolute atomic E-state index is 12.7. The van der Waals surface area contributed by atoms with Crippen molar-refractivity contribution < 1.29 is 17.7 Å². The Hall–Kier alpha value is -2.13. The van der Waals surface area contributed by atoms with Crippen LogP contribution in [0.25, 0.3) is 0 Å². The minimum Gasteiger partial charge on any atom is -0.367 e. The van der Waals surface area contributed by atoms with Crippen LogP contribution in [0, 0.1) is 13.8 Å². The maximum Gasteiger partial charge on any atom is 0.255 e. The van der Waals surface area contributed by atoms with Gasteiger partial charge in [0.2, 0.25) is 10.0 Å². The molecular formula is C14H18N4O4S. The lowest BCUT2D eigenvalue weighted by Crippen LogP contribution is -2.50. The first-order valence-electron chi connectivity index (χ1n) is 7.26. The lowest BCUT2D eigenvalue weighted by atomic mass is 10.2. The highest BCUT2D eigenvalue weighted by molar-refractivity contribution is 7.89. The highest BCUT2D eigenvalue weighted by Gasteiger charge is 2.34. The van der Waals surface area contributed by atoms with Crippen LogP contribution in [0.4, 0.5) is 0 Å². The largest absolute Gasteiger partial charge is 0.367 e. The van der Waals surface area contributed by atoms with Gasteiger partial charge in [-0.2, -0.15) is 4.31 Å². The smallest absolute Gasteiger partial charge is 0.255 e. The van der Waals surface area contributed by atoms with E-state index in [0.717, 1.165) is 0 Å². The molecule has 2 aromatic heterocycles. The number of piperazine rings is 1. The van der Waals surface area contributed by atoms with Crippen molar-refractivity contribution in [2.75, 3.05) is 26.2 Å². The number of nitrogens with zero attached hydrogens (tertiary/aromatic N) is 3. The van der Waals surface area contributed by atoms with Gasteiger partial charge in [-0.25, -0.2) is 8.42 Å². The second-order valence-corrected chi connectivity index (χ2v) is 7.32. The van der Waals surface area contributed by atoms with E-state index in [1.807, 2.05) is 0 Å². The third-order valence-corrected chi connectivity index (χ3v) is 6.08. The van der Waals surface area contributed by atoms with Crippen LogP contribution in [0.2, 0.25) is 0 Å². The number of amides is 1. The molecule has 23 heavy (non-hydrogen) atoms. The fourth-order valence-electron chi connectivity index (χ4n) is 2.74. The van der Waals surface area contributed by atoms with E-state index in [-0.39, 0.29) is 29.7 Å². The molecule has 9 heteroatoms. The van der Waals surface area contributed by atoms with Gasteiger partial charge in [0.05, 0.1) is 5.56 Å². The maximum atomic E-state index is 12.7. The molecule has 0 aromatic carbocycles. The van der Waals surface area contributed by atoms with Gasteiger partial charge in [0.15, 0.2) is 5.76 Å². The molecule has 2 aromatic rings. The molecule has 0 radical (unpaired) electrons. The summed E-state index contributed by atoms with van der Waals surface area (Å²) in [6, 6.07) is 1.70. The van der Waals surface area contributed by atoms with Gasteiger partial charge >= 0.3 is 0 Å². The van der Waals surface area contributed by atoms with Crippen molar-refractivity contribution in [3.05, 3.63) is 35.5 Å². The Bertz CT molecular complexity index is 782. The number of nitrogens with one attached hydrogen (secondary N) is 1. The SMILES string of the molecule is Cc1noc(C)c1S(=O)(=O)N1CCN(C(=O)c2cc[nH]c2)CC1. The van der Waals surface area contributed by atoms with Crippen LogP contribution in [0.5, 0.6) is 0 Å². The van der Waals surface area contributed by atoms with E-state index in [9.17, 15) is 13.2 Å². The topological polar surface area (TPSA) is 99.5 Å². The zero-order valence-corrected chi connectivity index (χ0v) is 13.8. The zero-order valence-electron chi connectivity index (χ0n) is 12.9. The molecule has 0 spiro atoms. The van der Waals surface area contributed by atoms with E-state index in [2.05, 4.69) is 10.1 Å². The van der Waals surface area contributed by atoms with Crippen LogP contribution in [0.1, 0.15) is 21.8 Å². The first kappa shape index (κ1) is 15.8. The summed E-state index contributed by atoms with van der Waals surface area (Å²) in [4.78, 5) is 16.9. The third kappa shape index (κ3) is 2.77. The predicted molar refractivity (Wildman–Crippen MR) is 81.4 cm³/mol. The lowest BCUT2D eigenvalue weighted by Gasteiger charge is -2.33. The van der Waals surface area contributed by atoms with Crippen molar-refractivity contribution in [1.29, 1.82) is 0 Å². The molecule has 0 atom stereocenters. The number of aromatic nitrogens is 2. The van der Waals surface area contributed by atoms with Crippen LogP contribution >= 0.6 is 0 Å². The monoisotopic (exact) mass is 338 g/mol. The summed E-state index contributed by atoms with van der Waals surface area (Å²) in [7, 11) is -3.65. The number of sulfonamides is 1. The molecule has 1 aliphatic rings. The molecule has 8 nitrogen and oxygen atoms in total. The number of rotatable bonds is 3. The van der Waals surface area contributed by atoms with Gasteiger partial charge in [0, 0.05) is 38.6 Å². The van der Waals surface area contributed by atoms with Gasteiger partial charge in [-0.3, -0.25) is 4.79 Å². The molecule has 124 valence electrons. The average Bonchev–Trinajstić information content (AvgIpc) is 3.17. The minimum absolute atomic E-state index is 0.0966. The van der Waals surface area contributed by atoms with Crippen LogP contribution in [-0.2, 0) is 10.0 Å². The highest BCUT2D eigenvalue weighted by atomic mass is 32.2. The summed E-state index contributed by atoms with van der Waals surface area (Å²) >= 11 is 0. The summed E-state index contributed by atoms with van der Waals surface area (Å²) in [5.41, 5.74) is 0.931. The number of hydrogen-bond donors (Lipinski definition) is 1. The second-order valence-electron chi connectivity index (χ2n) is 5.45. The molecule has 1 saturated heterocycles. The number of carbonyl (C=O) groups excluding carboxylic acids is 1. The van der Waals surface area contributed by atoms with Gasteiger partial charge in [-0.05, 0) is 19.9 Å². The molecule has 0 saturated carbocycles. The van der Waals surface area contributed by atoms with Crippen molar-refractivity contribution in [1.82, 2.24) is 19.3 Å². The Morgan fingerprint density at radius 3 is 2.48 bits per heavy atom. The molecule has 0 bridgehead atoms. The van der Waals surface area contributed by atoms with Crippen molar-refractivity contribution in [3.8, 4) is 0 Å². The van der Waals surface area contributed by atoms with Crippen molar-refractivity contribution >= 4 is 15.9 Å². The number of H-pyrrole nitrogens is 1. The quantitative estimate of drug-likeness (QED) is 0.891. The third-order valence-electron chi connectivity index (χ3n) is 3.94. The van der Waals surface area contributed by atoms with E-state index < -0.39 is 10.0 Å². The summed E-state index contributed by atoms with van der Waals surface area (Å²) in [5, 5.41) is 3.71. The van der Waals surface area contributed by atoms with E-state index in [4.69, 9.17) is 4.52 Å². The molecule has 3 heterocycles. The molecule has 1 fully saturated rings. The first-order valence-corrected chi connectivity index (χ1v) is 8.70. The van der Waals surface area contributed by atoms with E-state index >= 15 is 0 Å². The van der Waals surface area contributed by atoms with Crippen LogP contribution in [0.15, 0.2) is 27.9 Å². The highest BCUT2D eigenvalue weighted by Crippen LogP contribution is 2.24. The van der Waals surface area contributed by atoms with E-state index in [1.54, 1.807) is 37.2 Å². The number of aryl methyl sites for hydroxylation is 2. The molecule has 1 aliphatic heterocycles. The molecule has 1 amide bonds. The first-order chi connectivity index (χ1) is 10.9. The predicted octanol–water partition coefficient (Wildman–Crippen LogP) is 0.766. The molecule has 3 rings (SSSR count). The van der Waals surface area contributed by atoms with Gasteiger partial charge in [0.1, 0.15) is 10.6 Å². The van der Waals surface area contributed by atoms with Crippen molar-refractivity contribution in [3.63, 3.8) is 0 Å². The average molecular weight is 338 g/mol. The van der Waals surface area contributed by atoms with E-state index in [0.29, 0.717) is 24.3 Å². The van der Waals surface area contributed by atoms with Crippen LogP contribution < -0.4 is 0 Å². The number of hydrogen-bond acceptors (Lipinski definition) is 5. The van der Waals surface area contributed by atoms with E-state index in [1.165, 1.54) is 4.31 Å². The van der Waals surface area contributed by atoms with Crippen LogP contribution in [-0.4, -0.2) is 59.8 Å². The molecule has 0 aliphatic carbocycles. The molecular weight excluding hydrogens is 320 g/mol. The fourth-order valence-corrected chi connectivity index (χ4v) is 4.46. The standard InChI is InChI=1S/C14H18N4O4S/c1-10-13(11(2)22-16-10)23(20,21)18-7-5-17(6-8-18)14(19)12-3-4-15-9-12/h3-4,9,15H,5-8H2,1-2H3. The Morgan fingerprint density at radius 1 is 1.26 bits per heavy atom. The minimum atomic E-state index is -3.65. The Labute approximate surface area is 134 Å². The van der Waals surface area contributed by atoms with Gasteiger partial charge in [0.25, 0.3) is 5.91 Å². The number of carbonyl (C=O) groups is 1.